The molecule has 1 aromatic rings. The number of hydrogen-bond donors (Lipinski definition) is 2. The maximum absolute atomic E-state index is 11.9. The van der Waals surface area contributed by atoms with E-state index in [1.54, 1.807) is 24.3 Å². The van der Waals surface area contributed by atoms with Crippen molar-refractivity contribution >= 4 is 37.9 Å². The van der Waals surface area contributed by atoms with Gasteiger partial charge in [0.15, 0.2) is 0 Å². The van der Waals surface area contributed by atoms with Crippen LogP contribution < -0.4 is 11.1 Å². The molecule has 0 heterocycles. The lowest BCUT2D eigenvalue weighted by Gasteiger charge is -2.13. The summed E-state index contributed by atoms with van der Waals surface area (Å²) in [5, 5.41) is 1.77. The number of benzene rings is 1. The highest BCUT2D eigenvalue weighted by Gasteiger charge is 2.21. The Morgan fingerprint density at radius 2 is 2.00 bits per heavy atom. The van der Waals surface area contributed by atoms with E-state index in [-0.39, 0.29) is 11.5 Å². The molecule has 2 unspecified atom stereocenters. The Morgan fingerprint density at radius 1 is 1.40 bits per heavy atom. The van der Waals surface area contributed by atoms with Crippen molar-refractivity contribution in [3.8, 4) is 0 Å². The number of rotatable bonds is 6. The normalized spacial score (nSPS) is 14.5. The van der Waals surface area contributed by atoms with Crippen molar-refractivity contribution in [3.05, 3.63) is 24.3 Å². The highest BCUT2D eigenvalue weighted by Crippen LogP contribution is 2.17. The van der Waals surface area contributed by atoms with E-state index in [2.05, 4.69) is 5.32 Å². The van der Waals surface area contributed by atoms with Gasteiger partial charge in [-0.1, -0.05) is 12.1 Å². The summed E-state index contributed by atoms with van der Waals surface area (Å²) >= 11 is 0. The van der Waals surface area contributed by atoms with Crippen molar-refractivity contribution in [1.82, 2.24) is 0 Å². The Labute approximate surface area is 121 Å². The number of nitrogens with one attached hydrogen (secondary N) is 1. The first-order valence-electron chi connectivity index (χ1n) is 5.91. The number of para-hydroxylation sites is 2. The van der Waals surface area contributed by atoms with Gasteiger partial charge in [-0.25, -0.2) is 8.42 Å². The molecule has 1 aromatic carbocycles. The molecule has 20 heavy (non-hydrogen) atoms. The van der Waals surface area contributed by atoms with E-state index < -0.39 is 31.8 Å². The van der Waals surface area contributed by atoms with Gasteiger partial charge in [0.05, 0.1) is 17.1 Å². The van der Waals surface area contributed by atoms with Crippen LogP contribution in [0.15, 0.2) is 24.3 Å². The maximum Gasteiger partial charge on any atom is 0.239 e. The number of nitrogen functional groups attached to an aromatic ring is 1. The molecule has 0 aromatic heterocycles. The van der Waals surface area contributed by atoms with Crippen molar-refractivity contribution in [1.29, 1.82) is 0 Å². The molecule has 8 heteroatoms. The second kappa shape index (κ2) is 6.85. The highest BCUT2D eigenvalue weighted by molar-refractivity contribution is 7.92. The number of sulfone groups is 1. The average Bonchev–Trinajstić information content (AvgIpc) is 2.36. The van der Waals surface area contributed by atoms with Crippen LogP contribution >= 0.6 is 0 Å². The van der Waals surface area contributed by atoms with E-state index in [1.165, 1.54) is 6.92 Å². The summed E-state index contributed by atoms with van der Waals surface area (Å²) < 4.78 is 33.9. The fourth-order valence-electron chi connectivity index (χ4n) is 1.37. The third-order valence-corrected chi connectivity index (χ3v) is 5.45. The number of nitrogens with two attached hydrogens (primary N) is 1. The molecule has 0 spiro atoms. The molecule has 6 nitrogen and oxygen atoms in total. The Kier molecular flexibility index (Phi) is 5.70. The largest absolute Gasteiger partial charge is 0.397 e. The molecule has 0 aliphatic heterocycles. The van der Waals surface area contributed by atoms with Crippen LogP contribution in [-0.2, 0) is 25.4 Å². The topological polar surface area (TPSA) is 106 Å². The molecule has 0 aliphatic rings. The van der Waals surface area contributed by atoms with E-state index >= 15 is 0 Å². The molecule has 0 aliphatic carbocycles. The van der Waals surface area contributed by atoms with Gasteiger partial charge in [0.1, 0.15) is 15.1 Å². The standard InChI is InChI=1S/C12H18N2O4S2/c1-9(19(16)7-8-20(2,17)18)12(15)14-11-6-4-3-5-10(11)13/h3-6,9H,7-8,13H2,1-2H3,(H,14,15). The van der Waals surface area contributed by atoms with Gasteiger partial charge in [0, 0.05) is 22.8 Å². The van der Waals surface area contributed by atoms with E-state index in [9.17, 15) is 17.4 Å². The molecular formula is C12H18N2O4S2. The third-order valence-electron chi connectivity index (χ3n) is 2.64. The Morgan fingerprint density at radius 3 is 2.55 bits per heavy atom. The van der Waals surface area contributed by atoms with Crippen molar-refractivity contribution in [2.75, 3.05) is 28.8 Å². The second-order valence-corrected chi connectivity index (χ2v) is 8.57. The monoisotopic (exact) mass is 318 g/mol. The minimum Gasteiger partial charge on any atom is -0.397 e. The van der Waals surface area contributed by atoms with Crippen molar-refractivity contribution in [2.24, 2.45) is 0 Å². The Bertz CT molecular complexity index is 614. The van der Waals surface area contributed by atoms with Gasteiger partial charge in [0.25, 0.3) is 0 Å². The summed E-state index contributed by atoms with van der Waals surface area (Å²) in [7, 11) is -4.74. The lowest BCUT2D eigenvalue weighted by Crippen LogP contribution is -2.32. The first kappa shape index (κ1) is 16.6. The molecule has 0 fully saturated rings. The molecule has 2 atom stereocenters. The van der Waals surface area contributed by atoms with Gasteiger partial charge in [-0.3, -0.25) is 9.00 Å². The molecule has 0 saturated carbocycles. The van der Waals surface area contributed by atoms with Crippen LogP contribution in [-0.4, -0.2) is 41.5 Å². The zero-order valence-electron chi connectivity index (χ0n) is 11.3. The minimum atomic E-state index is -3.19. The van der Waals surface area contributed by atoms with Crippen LogP contribution in [0.2, 0.25) is 0 Å². The molecule has 3 N–H and O–H groups in total. The zero-order chi connectivity index (χ0) is 15.3. The summed E-state index contributed by atoms with van der Waals surface area (Å²) in [5.41, 5.74) is 6.55. The van der Waals surface area contributed by atoms with E-state index in [4.69, 9.17) is 5.73 Å². The predicted molar refractivity (Wildman–Crippen MR) is 81.7 cm³/mol. The van der Waals surface area contributed by atoms with Gasteiger partial charge in [-0.05, 0) is 19.1 Å². The molecule has 0 bridgehead atoms. The SMILES string of the molecule is CC(C(=O)Nc1ccccc1N)S(=O)CCS(C)(=O)=O. The van der Waals surface area contributed by atoms with Crippen molar-refractivity contribution in [2.45, 2.75) is 12.2 Å². The van der Waals surface area contributed by atoms with E-state index in [0.717, 1.165) is 6.26 Å². The zero-order valence-corrected chi connectivity index (χ0v) is 13.0. The van der Waals surface area contributed by atoms with Crippen molar-refractivity contribution in [3.63, 3.8) is 0 Å². The highest BCUT2D eigenvalue weighted by atomic mass is 32.2. The number of hydrogen-bond acceptors (Lipinski definition) is 5. The smallest absolute Gasteiger partial charge is 0.239 e. The quantitative estimate of drug-likeness (QED) is 0.738. The lowest BCUT2D eigenvalue weighted by molar-refractivity contribution is -0.115. The van der Waals surface area contributed by atoms with Crippen LogP contribution in [0.25, 0.3) is 0 Å². The van der Waals surface area contributed by atoms with Gasteiger partial charge in [-0.15, -0.1) is 0 Å². The summed E-state index contributed by atoms with van der Waals surface area (Å²) in [6, 6.07) is 6.73. The fourth-order valence-corrected chi connectivity index (χ4v) is 3.89. The van der Waals surface area contributed by atoms with E-state index in [0.29, 0.717) is 11.4 Å². The first-order valence-corrected chi connectivity index (χ1v) is 9.35. The number of carbonyl (C=O) groups is 1. The summed E-state index contributed by atoms with van der Waals surface area (Å²) in [6.45, 7) is 1.49. The van der Waals surface area contributed by atoms with E-state index in [1.807, 2.05) is 0 Å². The van der Waals surface area contributed by atoms with Crippen LogP contribution in [0, 0.1) is 0 Å². The number of anilines is 2. The van der Waals surface area contributed by atoms with Crippen LogP contribution in [0.3, 0.4) is 0 Å². The summed E-state index contributed by atoms with van der Waals surface area (Å²) in [6.07, 6.45) is 1.07. The fraction of sp³-hybridized carbons (Fsp3) is 0.417. The molecule has 0 saturated heterocycles. The van der Waals surface area contributed by atoms with Crippen molar-refractivity contribution < 1.29 is 17.4 Å². The number of carbonyl (C=O) groups excluding carboxylic acids is 1. The van der Waals surface area contributed by atoms with Crippen LogP contribution in [0.5, 0.6) is 0 Å². The van der Waals surface area contributed by atoms with Gasteiger partial charge >= 0.3 is 0 Å². The average molecular weight is 318 g/mol. The molecule has 1 amide bonds. The van der Waals surface area contributed by atoms with Gasteiger partial charge in [0.2, 0.25) is 5.91 Å². The molecule has 0 radical (unpaired) electrons. The second-order valence-electron chi connectivity index (χ2n) is 4.43. The van der Waals surface area contributed by atoms with Crippen LogP contribution in [0.4, 0.5) is 11.4 Å². The molecule has 1 rings (SSSR count). The number of amides is 1. The third kappa shape index (κ3) is 5.30. The Hall–Kier alpha value is -1.41. The van der Waals surface area contributed by atoms with Gasteiger partial charge in [-0.2, -0.15) is 0 Å². The van der Waals surface area contributed by atoms with Gasteiger partial charge < -0.3 is 11.1 Å². The van der Waals surface area contributed by atoms with Crippen LogP contribution in [0.1, 0.15) is 6.92 Å². The summed E-state index contributed by atoms with van der Waals surface area (Å²) in [4.78, 5) is 11.9. The predicted octanol–water partition coefficient (Wildman–Crippen LogP) is 0.389. The molecular weight excluding hydrogens is 300 g/mol. The molecule has 112 valence electrons. The first-order chi connectivity index (χ1) is 9.20. The summed E-state index contributed by atoms with van der Waals surface area (Å²) in [5.74, 6) is -0.711. The minimum absolute atomic E-state index is 0.0578. The Balaban J connectivity index is 2.63. The lowest BCUT2D eigenvalue weighted by atomic mass is 10.2. The maximum atomic E-state index is 11.9.